The largest absolute Gasteiger partial charge is 0.459 e. The molecule has 1 rings (SSSR count). The van der Waals surface area contributed by atoms with Gasteiger partial charge >= 0.3 is 5.97 Å². The zero-order valence-corrected chi connectivity index (χ0v) is 8.41. The molecule has 86 valence electrons. The smallest absolute Gasteiger partial charge is 0.338 e. The number of nitro groups is 1. The Morgan fingerprint density at radius 1 is 1.44 bits per heavy atom. The molecule has 1 unspecified atom stereocenters. The number of ether oxygens (including phenoxy) is 1. The number of aliphatic hydroxyl groups excluding tert-OH is 1. The fourth-order valence-electron chi connectivity index (χ4n) is 1.05. The third-order valence-corrected chi connectivity index (χ3v) is 1.78. The number of benzene rings is 1. The molecule has 1 atom stereocenters. The Labute approximate surface area is 91.6 Å². The van der Waals surface area contributed by atoms with Crippen LogP contribution in [-0.2, 0) is 4.74 Å². The van der Waals surface area contributed by atoms with Crippen molar-refractivity contribution in [3.05, 3.63) is 46.0 Å². The van der Waals surface area contributed by atoms with Crippen LogP contribution >= 0.6 is 0 Å². The van der Waals surface area contributed by atoms with E-state index >= 15 is 0 Å². The summed E-state index contributed by atoms with van der Waals surface area (Å²) in [6.45, 7) is -1.02. The summed E-state index contributed by atoms with van der Waals surface area (Å²) in [5.41, 5.74) is 0.343. The highest BCUT2D eigenvalue weighted by Gasteiger charge is 2.14. The number of carbonyl (C=O) groups excluding carboxylic acids is 1. The topological polar surface area (TPSA) is 89.7 Å². The molecule has 0 saturated carbocycles. The highest BCUT2D eigenvalue weighted by molar-refractivity contribution is 5.89. The number of carbonyl (C=O) groups is 1. The van der Waals surface area contributed by atoms with Crippen molar-refractivity contribution in [1.82, 2.24) is 0 Å². The number of hydrogen-bond acceptors (Lipinski definition) is 5. The minimum absolute atomic E-state index is 0.343. The molecule has 0 radical (unpaired) electrons. The van der Waals surface area contributed by atoms with E-state index in [1.807, 2.05) is 0 Å². The average molecular weight is 225 g/mol. The quantitative estimate of drug-likeness (QED) is 0.447. The number of aliphatic hydroxyl groups is 1. The summed E-state index contributed by atoms with van der Waals surface area (Å²) in [6, 6.07) is 8.21. The molecule has 0 fully saturated rings. The third kappa shape index (κ3) is 4.05. The SMILES string of the molecule is O=C(OCC(O)C[N+](=O)[O-])c1ccccc1. The number of nitrogens with zero attached hydrogens (tertiary/aromatic N) is 1. The summed E-state index contributed by atoms with van der Waals surface area (Å²) >= 11 is 0. The molecule has 0 amide bonds. The Balaban J connectivity index is 2.39. The summed E-state index contributed by atoms with van der Waals surface area (Å²) < 4.78 is 4.70. The summed E-state index contributed by atoms with van der Waals surface area (Å²) in [7, 11) is 0. The molecule has 1 N–H and O–H groups in total. The van der Waals surface area contributed by atoms with E-state index in [4.69, 9.17) is 9.84 Å². The molecule has 6 nitrogen and oxygen atoms in total. The minimum Gasteiger partial charge on any atom is -0.459 e. The second-order valence-electron chi connectivity index (χ2n) is 3.13. The van der Waals surface area contributed by atoms with Crippen molar-refractivity contribution < 1.29 is 19.6 Å². The van der Waals surface area contributed by atoms with E-state index in [0.29, 0.717) is 5.56 Å². The van der Waals surface area contributed by atoms with E-state index in [2.05, 4.69) is 0 Å². The van der Waals surface area contributed by atoms with Gasteiger partial charge < -0.3 is 9.84 Å². The van der Waals surface area contributed by atoms with Gasteiger partial charge in [0.15, 0.2) is 6.10 Å². The lowest BCUT2D eigenvalue weighted by Crippen LogP contribution is -2.26. The van der Waals surface area contributed by atoms with Crippen LogP contribution in [-0.4, -0.2) is 35.3 Å². The normalized spacial score (nSPS) is 11.8. The van der Waals surface area contributed by atoms with Crippen LogP contribution in [0.2, 0.25) is 0 Å². The number of rotatable bonds is 5. The van der Waals surface area contributed by atoms with Gasteiger partial charge in [-0.3, -0.25) is 10.1 Å². The van der Waals surface area contributed by atoms with Crippen LogP contribution in [0.3, 0.4) is 0 Å². The summed E-state index contributed by atoms with van der Waals surface area (Å²) in [5, 5.41) is 19.1. The maximum atomic E-state index is 11.3. The Morgan fingerprint density at radius 2 is 2.06 bits per heavy atom. The summed E-state index contributed by atoms with van der Waals surface area (Å²) in [4.78, 5) is 20.7. The zero-order chi connectivity index (χ0) is 12.0. The Kier molecular flexibility index (Phi) is 4.41. The van der Waals surface area contributed by atoms with Gasteiger partial charge in [-0.1, -0.05) is 18.2 Å². The fourth-order valence-corrected chi connectivity index (χ4v) is 1.05. The molecular weight excluding hydrogens is 214 g/mol. The minimum atomic E-state index is -1.28. The van der Waals surface area contributed by atoms with Crippen LogP contribution in [0.4, 0.5) is 0 Å². The lowest BCUT2D eigenvalue weighted by Gasteiger charge is -2.07. The molecule has 16 heavy (non-hydrogen) atoms. The van der Waals surface area contributed by atoms with Crippen molar-refractivity contribution in [2.45, 2.75) is 6.10 Å². The molecule has 6 heteroatoms. The van der Waals surface area contributed by atoms with Crippen LogP contribution < -0.4 is 0 Å². The molecule has 0 saturated heterocycles. The van der Waals surface area contributed by atoms with E-state index in [9.17, 15) is 14.9 Å². The Hall–Kier alpha value is -1.95. The highest BCUT2D eigenvalue weighted by Crippen LogP contribution is 2.01. The first-order valence-corrected chi connectivity index (χ1v) is 4.61. The maximum Gasteiger partial charge on any atom is 0.338 e. The van der Waals surface area contributed by atoms with E-state index in [0.717, 1.165) is 0 Å². The highest BCUT2D eigenvalue weighted by atomic mass is 16.6. The van der Waals surface area contributed by atoms with Crippen molar-refractivity contribution in [2.24, 2.45) is 0 Å². The molecule has 0 aliphatic carbocycles. The van der Waals surface area contributed by atoms with Gasteiger partial charge in [-0.15, -0.1) is 0 Å². The fraction of sp³-hybridized carbons (Fsp3) is 0.300. The summed E-state index contributed by atoms with van der Waals surface area (Å²) in [6.07, 6.45) is -1.28. The molecular formula is C10H11NO5. The van der Waals surface area contributed by atoms with Crippen LogP contribution in [0.1, 0.15) is 10.4 Å². The van der Waals surface area contributed by atoms with Crippen molar-refractivity contribution in [1.29, 1.82) is 0 Å². The molecule has 0 aromatic heterocycles. The second-order valence-corrected chi connectivity index (χ2v) is 3.13. The molecule has 0 bridgehead atoms. The standard InChI is InChI=1S/C10H11NO5/c12-9(6-11(14)15)7-16-10(13)8-4-2-1-3-5-8/h1-5,9,12H,6-7H2. The van der Waals surface area contributed by atoms with Gasteiger partial charge in [-0.05, 0) is 12.1 Å². The van der Waals surface area contributed by atoms with Crippen LogP contribution in [0.5, 0.6) is 0 Å². The lowest BCUT2D eigenvalue weighted by molar-refractivity contribution is -0.490. The Bertz CT molecular complexity index is 365. The van der Waals surface area contributed by atoms with E-state index in [-0.39, 0.29) is 6.61 Å². The monoisotopic (exact) mass is 225 g/mol. The third-order valence-electron chi connectivity index (χ3n) is 1.78. The Morgan fingerprint density at radius 3 is 2.62 bits per heavy atom. The molecule has 1 aromatic rings. The maximum absolute atomic E-state index is 11.3. The molecule has 0 heterocycles. The molecule has 0 spiro atoms. The van der Waals surface area contributed by atoms with Gasteiger partial charge in [-0.25, -0.2) is 4.79 Å². The van der Waals surface area contributed by atoms with Crippen LogP contribution in [0, 0.1) is 10.1 Å². The van der Waals surface area contributed by atoms with Gasteiger partial charge in [0.1, 0.15) is 6.61 Å². The first-order valence-electron chi connectivity index (χ1n) is 4.61. The van der Waals surface area contributed by atoms with Crippen molar-refractivity contribution >= 4 is 5.97 Å². The van der Waals surface area contributed by atoms with Crippen molar-refractivity contribution in [3.8, 4) is 0 Å². The molecule has 0 aliphatic rings. The van der Waals surface area contributed by atoms with Crippen molar-refractivity contribution in [3.63, 3.8) is 0 Å². The van der Waals surface area contributed by atoms with E-state index in [1.54, 1.807) is 30.3 Å². The zero-order valence-electron chi connectivity index (χ0n) is 8.41. The average Bonchev–Trinajstić information content (AvgIpc) is 2.26. The first-order chi connectivity index (χ1) is 7.59. The van der Waals surface area contributed by atoms with Crippen LogP contribution in [0.15, 0.2) is 30.3 Å². The van der Waals surface area contributed by atoms with E-state index in [1.165, 1.54) is 0 Å². The van der Waals surface area contributed by atoms with Gasteiger partial charge in [0.25, 0.3) is 0 Å². The van der Waals surface area contributed by atoms with Gasteiger partial charge in [0.05, 0.1) is 5.56 Å². The number of hydrogen-bond donors (Lipinski definition) is 1. The van der Waals surface area contributed by atoms with Crippen molar-refractivity contribution in [2.75, 3.05) is 13.2 Å². The molecule has 0 aliphatic heterocycles. The van der Waals surface area contributed by atoms with E-state index < -0.39 is 23.5 Å². The first kappa shape index (κ1) is 12.1. The lowest BCUT2D eigenvalue weighted by atomic mass is 10.2. The van der Waals surface area contributed by atoms with Gasteiger partial charge in [0, 0.05) is 4.92 Å². The number of esters is 1. The predicted molar refractivity (Wildman–Crippen MR) is 54.6 cm³/mol. The molecule has 1 aromatic carbocycles. The van der Waals surface area contributed by atoms with Crippen LogP contribution in [0.25, 0.3) is 0 Å². The predicted octanol–water partition coefficient (Wildman–Crippen LogP) is 0.481. The second kappa shape index (κ2) is 5.82. The summed E-state index contributed by atoms with van der Waals surface area (Å²) in [5.74, 6) is -0.608. The van der Waals surface area contributed by atoms with Gasteiger partial charge in [-0.2, -0.15) is 0 Å². The van der Waals surface area contributed by atoms with Gasteiger partial charge in [0.2, 0.25) is 6.54 Å².